The average Bonchev–Trinajstić information content (AvgIpc) is 2.33. The molecule has 1 rings (SSSR count). The van der Waals surface area contributed by atoms with Gasteiger partial charge in [0.25, 0.3) is 0 Å². The van der Waals surface area contributed by atoms with E-state index in [2.05, 4.69) is 53.4 Å². The van der Waals surface area contributed by atoms with E-state index < -0.39 is 0 Å². The van der Waals surface area contributed by atoms with E-state index >= 15 is 0 Å². The van der Waals surface area contributed by atoms with Crippen LogP contribution in [0.1, 0.15) is 27.2 Å². The Kier molecular flexibility index (Phi) is 9.74. The van der Waals surface area contributed by atoms with Crippen LogP contribution in [0.3, 0.4) is 0 Å². The molecule has 0 saturated carbocycles. The number of allylic oxidation sites excluding steroid dienone is 2. The van der Waals surface area contributed by atoms with Crippen molar-refractivity contribution in [1.82, 2.24) is 0 Å². The maximum absolute atomic E-state index is 5.70. The summed E-state index contributed by atoms with van der Waals surface area (Å²) in [6.07, 6.45) is 6.05. The number of ether oxygens (including phenoxy) is 1. The summed E-state index contributed by atoms with van der Waals surface area (Å²) in [5, 5.41) is 0. The summed E-state index contributed by atoms with van der Waals surface area (Å²) in [6, 6.07) is 0. The molecule has 0 radical (unpaired) electrons. The monoisotopic (exact) mass is 271 g/mol. The molecule has 1 atom stereocenters. The summed E-state index contributed by atoms with van der Waals surface area (Å²) in [6.45, 7) is 6.27. The molecule has 0 bridgehead atoms. The number of hydrogen-bond donors (Lipinski definition) is 0. The molecule has 0 N–H and O–H groups in total. The second kappa shape index (κ2) is 7.95. The molecule has 1 unspecified atom stereocenters. The van der Waals surface area contributed by atoms with E-state index in [-0.39, 0.29) is 30.9 Å². The largest absolute Gasteiger partial charge is 0.147 e. The topological polar surface area (TPSA) is 9.23 Å². The first-order valence-corrected chi connectivity index (χ1v) is 5.16. The van der Waals surface area contributed by atoms with Crippen LogP contribution >= 0.6 is 24.8 Å². The molecular formula is C10H17Cl2OTi. The third-order valence-corrected chi connectivity index (χ3v) is 2.65. The van der Waals surface area contributed by atoms with Gasteiger partial charge in [-0.2, -0.15) is 0 Å². The van der Waals surface area contributed by atoms with Crippen LogP contribution in [0.5, 0.6) is 0 Å². The minimum atomic E-state index is 0. The fraction of sp³-hybridized carbons (Fsp3) is 0.600. The standard InChI is InChI=1S/C10H15O.2ClH.Ti/c1-8(2)11-9(3)10-6-4-5-7-10;;;/h4,6,8-9H,5H2,1-3H3;2*1H;. The van der Waals surface area contributed by atoms with Crippen molar-refractivity contribution in [1.29, 1.82) is 0 Å². The Balaban J connectivity index is 0. The molecule has 4 heteroatoms. The normalized spacial score (nSPS) is 16.5. The summed E-state index contributed by atoms with van der Waals surface area (Å²) in [5.74, 6) is 0. The van der Waals surface area contributed by atoms with Crippen LogP contribution in [0.25, 0.3) is 0 Å². The molecule has 1 aliphatic rings. The van der Waals surface area contributed by atoms with Crippen molar-refractivity contribution in [3.8, 4) is 0 Å². The Morgan fingerprint density at radius 2 is 1.86 bits per heavy atom. The Morgan fingerprint density at radius 3 is 2.21 bits per heavy atom. The van der Waals surface area contributed by atoms with E-state index in [0.29, 0.717) is 6.10 Å². The van der Waals surface area contributed by atoms with Gasteiger partial charge in [0.05, 0.1) is 0 Å². The first-order valence-electron chi connectivity index (χ1n) is 4.38. The second-order valence-corrected chi connectivity index (χ2v) is 4.31. The number of rotatable bonds is 3. The first-order chi connectivity index (χ1) is 5.61. The maximum Gasteiger partial charge on any atom is -0.147 e. The molecule has 0 fully saturated rings. The van der Waals surface area contributed by atoms with Gasteiger partial charge in [-0.25, -0.2) is 0 Å². The third-order valence-electron chi connectivity index (χ3n) is 1.88. The van der Waals surface area contributed by atoms with Crippen LogP contribution in [0.15, 0.2) is 21.6 Å². The Morgan fingerprint density at radius 1 is 1.29 bits per heavy atom. The zero-order chi connectivity index (χ0) is 9.14. The van der Waals surface area contributed by atoms with Crippen molar-refractivity contribution in [2.45, 2.75) is 39.4 Å². The summed E-state index contributed by atoms with van der Waals surface area (Å²) in [7, 11) is 0. The number of hydrogen-bond acceptors (Lipinski definition) is 1. The van der Waals surface area contributed by atoms with Crippen LogP contribution in [0.2, 0.25) is 0 Å². The Bertz CT molecular complexity index is 224. The van der Waals surface area contributed by atoms with Crippen LogP contribution in [-0.4, -0.2) is 12.2 Å². The minimum absolute atomic E-state index is 0. The van der Waals surface area contributed by atoms with Gasteiger partial charge in [0.15, 0.2) is 0 Å². The van der Waals surface area contributed by atoms with Gasteiger partial charge in [-0.15, -0.1) is 24.8 Å². The zero-order valence-corrected chi connectivity index (χ0v) is 11.9. The van der Waals surface area contributed by atoms with Gasteiger partial charge in [-0.3, -0.25) is 0 Å². The molecule has 0 aliphatic heterocycles. The van der Waals surface area contributed by atoms with Crippen LogP contribution in [-0.2, 0) is 25.2 Å². The number of halogens is 2. The maximum atomic E-state index is 5.70. The molecule has 0 spiro atoms. The van der Waals surface area contributed by atoms with Crippen LogP contribution in [0, 0.1) is 0 Å². The van der Waals surface area contributed by atoms with E-state index in [0.717, 1.165) is 6.42 Å². The predicted molar refractivity (Wildman–Crippen MR) is 61.0 cm³/mol. The first kappa shape index (κ1) is 17.1. The molecule has 0 aromatic carbocycles. The van der Waals surface area contributed by atoms with Gasteiger partial charge in [0.1, 0.15) is 0 Å². The van der Waals surface area contributed by atoms with E-state index in [1.54, 1.807) is 0 Å². The predicted octanol–water partition coefficient (Wildman–Crippen LogP) is 3.40. The molecule has 14 heavy (non-hydrogen) atoms. The smallest absolute Gasteiger partial charge is 0.147 e. The molecule has 1 aliphatic carbocycles. The Labute approximate surface area is 111 Å². The van der Waals surface area contributed by atoms with Crippen molar-refractivity contribution in [2.24, 2.45) is 0 Å². The second-order valence-electron chi connectivity index (χ2n) is 3.37. The fourth-order valence-corrected chi connectivity index (χ4v) is 2.02. The van der Waals surface area contributed by atoms with Gasteiger partial charge in [0, 0.05) is 0 Å². The van der Waals surface area contributed by atoms with Gasteiger partial charge in [-0.1, -0.05) is 0 Å². The molecule has 1 nitrogen and oxygen atoms in total. The van der Waals surface area contributed by atoms with Crippen molar-refractivity contribution < 1.29 is 25.2 Å². The van der Waals surface area contributed by atoms with E-state index in [9.17, 15) is 0 Å². The van der Waals surface area contributed by atoms with Gasteiger partial charge < -0.3 is 0 Å². The van der Waals surface area contributed by atoms with Crippen molar-refractivity contribution >= 4 is 24.8 Å². The van der Waals surface area contributed by atoms with Crippen LogP contribution in [0.4, 0.5) is 0 Å². The van der Waals surface area contributed by atoms with Crippen molar-refractivity contribution in [3.63, 3.8) is 0 Å². The summed E-state index contributed by atoms with van der Waals surface area (Å²) < 4.78 is 7.14. The van der Waals surface area contributed by atoms with E-state index in [1.165, 1.54) is 9.45 Å². The minimum Gasteiger partial charge on any atom is -0.147 e. The zero-order valence-electron chi connectivity index (χ0n) is 8.74. The van der Waals surface area contributed by atoms with E-state index in [4.69, 9.17) is 4.74 Å². The van der Waals surface area contributed by atoms with E-state index in [1.807, 2.05) is 0 Å². The summed E-state index contributed by atoms with van der Waals surface area (Å²) in [5.41, 5.74) is 1.36. The molecule has 0 amide bonds. The molecule has 0 aromatic rings. The molecule has 0 heterocycles. The van der Waals surface area contributed by atoms with Gasteiger partial charge in [0.2, 0.25) is 0 Å². The van der Waals surface area contributed by atoms with Crippen molar-refractivity contribution in [3.05, 3.63) is 21.6 Å². The summed E-state index contributed by atoms with van der Waals surface area (Å²) in [4.78, 5) is 0. The average molecular weight is 272 g/mol. The van der Waals surface area contributed by atoms with Crippen molar-refractivity contribution in [2.75, 3.05) is 0 Å². The third kappa shape index (κ3) is 5.00. The molecule has 0 aromatic heterocycles. The van der Waals surface area contributed by atoms with Gasteiger partial charge in [-0.05, 0) is 0 Å². The quantitative estimate of drug-likeness (QED) is 0.715. The molecule has 0 saturated heterocycles. The fourth-order valence-electron chi connectivity index (χ4n) is 1.38. The van der Waals surface area contributed by atoms with Crippen LogP contribution < -0.4 is 0 Å². The molecular weight excluding hydrogens is 255 g/mol. The SMILES string of the molecule is CC(C)OC(C)C1=[C]([Ti])CC=C1.Cl.Cl. The Hall–Kier alpha value is 0.734. The molecule has 81 valence electrons. The van der Waals surface area contributed by atoms with Gasteiger partial charge >= 0.3 is 86.2 Å². The summed E-state index contributed by atoms with van der Waals surface area (Å²) >= 11 is 2.18.